The van der Waals surface area contributed by atoms with Crippen molar-refractivity contribution in [2.24, 2.45) is 10.9 Å². The van der Waals surface area contributed by atoms with Crippen LogP contribution in [0, 0.1) is 5.92 Å². The number of benzene rings is 1. The van der Waals surface area contributed by atoms with Gasteiger partial charge in [0.05, 0.1) is 0 Å². The maximum absolute atomic E-state index is 5.59. The van der Waals surface area contributed by atoms with Crippen LogP contribution in [-0.4, -0.2) is 38.8 Å². The van der Waals surface area contributed by atoms with Gasteiger partial charge in [0.25, 0.3) is 0 Å². The van der Waals surface area contributed by atoms with Crippen LogP contribution in [0.2, 0.25) is 0 Å². The van der Waals surface area contributed by atoms with Crippen molar-refractivity contribution in [3.63, 3.8) is 0 Å². The Morgan fingerprint density at radius 2 is 1.91 bits per heavy atom. The minimum Gasteiger partial charge on any atom is -0.381 e. The van der Waals surface area contributed by atoms with Gasteiger partial charge >= 0.3 is 0 Å². The lowest BCUT2D eigenvalue weighted by atomic mass is 9.74. The molecule has 0 bridgehead atoms. The molecule has 1 heterocycles. The molecule has 1 aliphatic carbocycles. The Hall–Kier alpha value is -0.820. The Kier molecular flexibility index (Phi) is 6.71. The number of aliphatic imine (C=N–C) groups is 1. The largest absolute Gasteiger partial charge is 0.381 e. The third-order valence-electron chi connectivity index (χ3n) is 5.09. The molecule has 3 rings (SSSR count). The summed E-state index contributed by atoms with van der Waals surface area (Å²) in [5.74, 6) is 1.70. The molecule has 2 aliphatic rings. The van der Waals surface area contributed by atoms with Crippen molar-refractivity contribution in [1.29, 1.82) is 0 Å². The summed E-state index contributed by atoms with van der Waals surface area (Å²) in [6.45, 7) is 4.85. The van der Waals surface area contributed by atoms with E-state index < -0.39 is 0 Å². The number of halogens is 1. The van der Waals surface area contributed by atoms with Crippen LogP contribution in [0.1, 0.15) is 31.7 Å². The zero-order valence-corrected chi connectivity index (χ0v) is 16.4. The highest BCUT2D eigenvalue weighted by Crippen LogP contribution is 2.34. The summed E-state index contributed by atoms with van der Waals surface area (Å²) >= 11 is 0. The Bertz CT molecular complexity index is 514. The smallest absolute Gasteiger partial charge is 0.191 e. The van der Waals surface area contributed by atoms with E-state index in [1.807, 2.05) is 7.05 Å². The van der Waals surface area contributed by atoms with Gasteiger partial charge in [-0.05, 0) is 30.7 Å². The van der Waals surface area contributed by atoms with Crippen molar-refractivity contribution in [3.05, 3.63) is 35.9 Å². The molecule has 2 atom stereocenters. The van der Waals surface area contributed by atoms with E-state index >= 15 is 0 Å². The van der Waals surface area contributed by atoms with E-state index in [2.05, 4.69) is 52.9 Å². The fourth-order valence-electron chi connectivity index (χ4n) is 3.27. The lowest BCUT2D eigenvalue weighted by Gasteiger charge is -2.38. The van der Waals surface area contributed by atoms with Crippen LogP contribution in [-0.2, 0) is 10.2 Å². The second-order valence-electron chi connectivity index (χ2n) is 6.65. The zero-order valence-electron chi connectivity index (χ0n) is 14.0. The lowest BCUT2D eigenvalue weighted by molar-refractivity contribution is 0.0514. The van der Waals surface area contributed by atoms with Gasteiger partial charge in [-0.15, -0.1) is 24.0 Å². The monoisotopic (exact) mass is 429 g/mol. The van der Waals surface area contributed by atoms with Gasteiger partial charge in [-0.2, -0.15) is 0 Å². The first-order valence-electron chi connectivity index (χ1n) is 8.34. The lowest BCUT2D eigenvalue weighted by Crippen LogP contribution is -2.48. The minimum absolute atomic E-state index is 0. The highest BCUT2D eigenvalue weighted by molar-refractivity contribution is 14.0. The normalized spacial score (nSPS) is 26.1. The van der Waals surface area contributed by atoms with Gasteiger partial charge < -0.3 is 15.4 Å². The zero-order chi connectivity index (χ0) is 15.4. The average Bonchev–Trinajstić information content (AvgIpc) is 3.28. The van der Waals surface area contributed by atoms with E-state index in [1.165, 1.54) is 12.0 Å². The van der Waals surface area contributed by atoms with Crippen LogP contribution < -0.4 is 10.6 Å². The highest BCUT2D eigenvalue weighted by atomic mass is 127. The van der Waals surface area contributed by atoms with Gasteiger partial charge in [0.15, 0.2) is 5.96 Å². The number of rotatable bonds is 4. The number of ether oxygens (including phenoxy) is 1. The third-order valence-corrected chi connectivity index (χ3v) is 5.09. The molecule has 128 valence electrons. The van der Waals surface area contributed by atoms with Gasteiger partial charge in [0.1, 0.15) is 0 Å². The van der Waals surface area contributed by atoms with Gasteiger partial charge in [-0.25, -0.2) is 0 Å². The predicted molar refractivity (Wildman–Crippen MR) is 106 cm³/mol. The van der Waals surface area contributed by atoms with Crippen molar-refractivity contribution in [2.45, 2.75) is 37.6 Å². The number of guanidine groups is 1. The summed E-state index contributed by atoms with van der Waals surface area (Å²) in [6, 6.07) is 11.4. The molecule has 2 fully saturated rings. The van der Waals surface area contributed by atoms with Crippen molar-refractivity contribution >= 4 is 29.9 Å². The van der Waals surface area contributed by atoms with Crippen LogP contribution >= 0.6 is 24.0 Å². The number of hydrogen-bond acceptors (Lipinski definition) is 2. The first-order chi connectivity index (χ1) is 10.7. The van der Waals surface area contributed by atoms with Crippen LogP contribution in [0.15, 0.2) is 35.3 Å². The fourth-order valence-corrected chi connectivity index (χ4v) is 3.27. The predicted octanol–water partition coefficient (Wildman–Crippen LogP) is 2.93. The summed E-state index contributed by atoms with van der Waals surface area (Å²) in [7, 11) is 1.85. The number of hydrogen-bond donors (Lipinski definition) is 2. The molecule has 1 saturated heterocycles. The molecule has 0 spiro atoms. The Labute approximate surface area is 156 Å². The first-order valence-corrected chi connectivity index (χ1v) is 8.34. The quantitative estimate of drug-likeness (QED) is 0.440. The summed E-state index contributed by atoms with van der Waals surface area (Å²) in [5.41, 5.74) is 1.55. The molecular formula is C18H28IN3O. The standard InChI is InChI=1S/C18H27N3O.HI/c1-14-12-16(14)21-17(19-2)20-13-18(8-10-22-11-9-18)15-6-4-3-5-7-15;/h3-7,14,16H,8-13H2,1-2H3,(H2,19,20,21);1H. The molecular weight excluding hydrogens is 401 g/mol. The van der Waals surface area contributed by atoms with E-state index in [0.29, 0.717) is 6.04 Å². The average molecular weight is 429 g/mol. The molecule has 4 nitrogen and oxygen atoms in total. The first kappa shape index (κ1) is 18.5. The maximum Gasteiger partial charge on any atom is 0.191 e. The van der Waals surface area contributed by atoms with Crippen LogP contribution in [0.3, 0.4) is 0 Å². The molecule has 2 unspecified atom stereocenters. The van der Waals surface area contributed by atoms with Crippen molar-refractivity contribution in [3.8, 4) is 0 Å². The Morgan fingerprint density at radius 1 is 1.26 bits per heavy atom. The molecule has 5 heteroatoms. The maximum atomic E-state index is 5.59. The molecule has 0 radical (unpaired) electrons. The molecule has 0 aromatic heterocycles. The van der Waals surface area contributed by atoms with Crippen LogP contribution in [0.5, 0.6) is 0 Å². The van der Waals surface area contributed by atoms with Crippen molar-refractivity contribution in [1.82, 2.24) is 10.6 Å². The summed E-state index contributed by atoms with van der Waals surface area (Å²) in [6.07, 6.45) is 3.36. The van der Waals surface area contributed by atoms with Gasteiger partial charge in [0, 0.05) is 38.3 Å². The molecule has 0 amide bonds. The molecule has 23 heavy (non-hydrogen) atoms. The number of nitrogens with zero attached hydrogens (tertiary/aromatic N) is 1. The van der Waals surface area contributed by atoms with Gasteiger partial charge in [-0.3, -0.25) is 4.99 Å². The van der Waals surface area contributed by atoms with E-state index in [-0.39, 0.29) is 29.4 Å². The third kappa shape index (κ3) is 4.59. The Morgan fingerprint density at radius 3 is 2.48 bits per heavy atom. The second-order valence-corrected chi connectivity index (χ2v) is 6.65. The highest BCUT2D eigenvalue weighted by Gasteiger charge is 2.36. The summed E-state index contributed by atoms with van der Waals surface area (Å²) < 4.78 is 5.59. The topological polar surface area (TPSA) is 45.7 Å². The number of nitrogens with one attached hydrogen (secondary N) is 2. The summed E-state index contributed by atoms with van der Waals surface area (Å²) in [4.78, 5) is 4.37. The van der Waals surface area contributed by atoms with Gasteiger partial charge in [-0.1, -0.05) is 37.3 Å². The molecule has 1 aromatic carbocycles. The van der Waals surface area contributed by atoms with Crippen LogP contribution in [0.25, 0.3) is 0 Å². The molecule has 1 aromatic rings. The van der Waals surface area contributed by atoms with E-state index in [4.69, 9.17) is 4.74 Å². The fraction of sp³-hybridized carbons (Fsp3) is 0.611. The Balaban J connectivity index is 0.00000192. The second kappa shape index (κ2) is 8.33. The summed E-state index contributed by atoms with van der Waals surface area (Å²) in [5, 5.41) is 7.06. The molecule has 1 aliphatic heterocycles. The molecule has 2 N–H and O–H groups in total. The van der Waals surface area contributed by atoms with E-state index in [9.17, 15) is 0 Å². The van der Waals surface area contributed by atoms with Crippen molar-refractivity contribution < 1.29 is 4.74 Å². The van der Waals surface area contributed by atoms with Crippen LogP contribution in [0.4, 0.5) is 0 Å². The minimum atomic E-state index is 0. The SMILES string of the molecule is CN=C(NCC1(c2ccccc2)CCOCC1)NC1CC1C.I. The molecule has 1 saturated carbocycles. The van der Waals surface area contributed by atoms with Crippen molar-refractivity contribution in [2.75, 3.05) is 26.8 Å². The van der Waals surface area contributed by atoms with E-state index in [0.717, 1.165) is 44.5 Å². The van der Waals surface area contributed by atoms with E-state index in [1.54, 1.807) is 0 Å². The van der Waals surface area contributed by atoms with Gasteiger partial charge in [0.2, 0.25) is 0 Å².